The molecule has 0 heterocycles. The van der Waals surface area contributed by atoms with Gasteiger partial charge in [0.25, 0.3) is 0 Å². The van der Waals surface area contributed by atoms with Gasteiger partial charge in [-0.05, 0) is 31.1 Å². The van der Waals surface area contributed by atoms with Crippen molar-refractivity contribution in [3.05, 3.63) is 72.8 Å². The molecule has 0 nitrogen and oxygen atoms in total. The average Bonchev–Trinajstić information content (AvgIpc) is 2.71. The monoisotopic (exact) mass is 554 g/mol. The van der Waals surface area contributed by atoms with Crippen LogP contribution in [0.2, 0.25) is 39.3 Å². The van der Waals surface area contributed by atoms with Gasteiger partial charge in [-0.25, -0.2) is 0 Å². The molecule has 0 amide bonds. The van der Waals surface area contributed by atoms with Crippen molar-refractivity contribution in [3.8, 4) is 0 Å². The molecule has 0 unspecified atom stereocenters. The summed E-state index contributed by atoms with van der Waals surface area (Å²) in [5.41, 5.74) is 0. The Morgan fingerprint density at radius 3 is 0.812 bits per heavy atom. The van der Waals surface area contributed by atoms with Crippen molar-refractivity contribution in [2.75, 3.05) is 0 Å². The van der Waals surface area contributed by atoms with Gasteiger partial charge in [0.05, 0.1) is 0 Å². The van der Waals surface area contributed by atoms with Gasteiger partial charge in [-0.3, -0.25) is 4.11 Å². The van der Waals surface area contributed by atoms with Crippen LogP contribution in [-0.2, 0) is 0 Å². The maximum absolute atomic E-state index is 18.4. The Balaban J connectivity index is 2.54. The van der Waals surface area contributed by atoms with Crippen LogP contribution >= 0.6 is 33.2 Å². The van der Waals surface area contributed by atoms with Gasteiger partial charge in [0.2, 0.25) is 0 Å². The van der Waals surface area contributed by atoms with Crippen molar-refractivity contribution in [1.29, 1.82) is 0 Å². The van der Waals surface area contributed by atoms with E-state index in [-0.39, 0.29) is 0 Å². The maximum Gasteiger partial charge on any atom is 0.339 e. The summed E-state index contributed by atoms with van der Waals surface area (Å²) in [4.78, 5) is 0. The van der Waals surface area contributed by atoms with E-state index in [2.05, 4.69) is 39.3 Å². The van der Waals surface area contributed by atoms with Crippen LogP contribution in [0.3, 0.4) is 0 Å². The first-order valence-electron chi connectivity index (χ1n) is 10.7. The van der Waals surface area contributed by atoms with E-state index in [9.17, 15) is 0 Å². The largest absolute Gasteiger partial charge is 0.339 e. The Hall–Kier alpha value is -0.672. The molecule has 0 radical (unpaired) electrons. The molecular weight excluding hydrogens is 526 g/mol. The minimum atomic E-state index is -3.99. The van der Waals surface area contributed by atoms with E-state index in [1.54, 1.807) is 0 Å². The van der Waals surface area contributed by atoms with E-state index in [4.69, 9.17) is 33.2 Å². The zero-order valence-corrected chi connectivity index (χ0v) is 25.7. The summed E-state index contributed by atoms with van der Waals surface area (Å²) >= 11 is 20.9. The number of hydrogen-bond acceptors (Lipinski definition) is 0. The molecule has 0 bridgehead atoms. The highest BCUT2D eigenvalue weighted by Gasteiger charge is 2.49. The van der Waals surface area contributed by atoms with Crippen molar-refractivity contribution in [3.63, 3.8) is 0 Å². The van der Waals surface area contributed by atoms with E-state index >= 15 is 4.11 Å². The molecule has 0 atom stereocenters. The van der Waals surface area contributed by atoms with Crippen LogP contribution in [0.25, 0.3) is 0 Å². The Morgan fingerprint density at radius 2 is 0.625 bits per heavy atom. The van der Waals surface area contributed by atoms with Crippen LogP contribution in [0.1, 0.15) is 0 Å². The van der Waals surface area contributed by atoms with Crippen molar-refractivity contribution >= 4 is 94.9 Å². The van der Waals surface area contributed by atoms with E-state index in [1.807, 2.05) is 72.8 Å². The molecule has 8 heteroatoms. The Kier molecular flexibility index (Phi) is 7.44. The lowest BCUT2D eigenvalue weighted by atomic mass is 10.3. The van der Waals surface area contributed by atoms with Gasteiger partial charge in [0.15, 0.2) is 22.2 Å². The van der Waals surface area contributed by atoms with Crippen LogP contribution < -0.4 is 31.1 Å². The lowest BCUT2D eigenvalue weighted by Crippen LogP contribution is -2.77. The average molecular weight is 556 g/mol. The molecular formula is C24H30Cl3FSi4. The Morgan fingerprint density at radius 1 is 0.438 bits per heavy atom. The number of rotatable bonds is 6. The fourth-order valence-corrected chi connectivity index (χ4v) is 17.8. The number of benzene rings is 3. The fourth-order valence-electron chi connectivity index (χ4n) is 4.34. The highest BCUT2D eigenvalue weighted by atomic mass is 35.6. The van der Waals surface area contributed by atoms with Gasteiger partial charge >= 0.3 is 8.41 Å². The lowest BCUT2D eigenvalue weighted by Gasteiger charge is -2.35. The van der Waals surface area contributed by atoms with Crippen LogP contribution in [0, 0.1) is 0 Å². The molecule has 0 saturated carbocycles. The molecule has 3 rings (SSSR count). The molecule has 3 aromatic carbocycles. The minimum Gasteiger partial charge on any atom is -0.296 e. The summed E-state index contributed by atoms with van der Waals surface area (Å²) < 4.78 is 18.4. The molecule has 170 valence electrons. The van der Waals surface area contributed by atoms with Crippen molar-refractivity contribution < 1.29 is 4.11 Å². The summed E-state index contributed by atoms with van der Waals surface area (Å²) in [5.74, 6) is 0. The molecule has 0 aliphatic carbocycles. The van der Waals surface area contributed by atoms with E-state index in [1.165, 1.54) is 0 Å². The smallest absolute Gasteiger partial charge is 0.296 e. The topological polar surface area (TPSA) is 0 Å². The number of hydrogen-bond donors (Lipinski definition) is 0. The molecule has 0 aromatic heterocycles. The molecule has 32 heavy (non-hydrogen) atoms. The van der Waals surface area contributed by atoms with Crippen molar-refractivity contribution in [2.45, 2.75) is 39.3 Å². The lowest BCUT2D eigenvalue weighted by molar-refractivity contribution is 0.843. The third-order valence-corrected chi connectivity index (χ3v) is 17.1. The van der Waals surface area contributed by atoms with Gasteiger partial charge in [-0.1, -0.05) is 112 Å². The Labute approximate surface area is 210 Å². The van der Waals surface area contributed by atoms with Crippen LogP contribution in [0.4, 0.5) is 4.11 Å². The molecule has 0 aliphatic heterocycles. The van der Waals surface area contributed by atoms with Gasteiger partial charge in [0, 0.05) is 0 Å². The first kappa shape index (κ1) is 25.9. The first-order valence-corrected chi connectivity index (χ1v) is 24.7. The zero-order chi connectivity index (χ0) is 23.9. The van der Waals surface area contributed by atoms with Crippen molar-refractivity contribution in [1.82, 2.24) is 0 Å². The summed E-state index contributed by atoms with van der Waals surface area (Å²) in [5, 5.41) is 5.04. The minimum absolute atomic E-state index is 0.733. The molecule has 0 N–H and O–H groups in total. The summed E-state index contributed by atoms with van der Waals surface area (Å²) in [6.07, 6.45) is 0. The van der Waals surface area contributed by atoms with Gasteiger partial charge < -0.3 is 0 Å². The predicted molar refractivity (Wildman–Crippen MR) is 154 cm³/mol. The van der Waals surface area contributed by atoms with Gasteiger partial charge in [-0.15, -0.1) is 0 Å². The third kappa shape index (κ3) is 5.04. The molecule has 0 fully saturated rings. The molecule has 0 spiro atoms. The van der Waals surface area contributed by atoms with Gasteiger partial charge in [0.1, 0.15) is 0 Å². The summed E-state index contributed by atoms with van der Waals surface area (Å²) in [6.45, 7) is 12.3. The molecule has 0 aliphatic rings. The Bertz CT molecular complexity index is 975. The second-order valence-electron chi connectivity index (χ2n) is 9.71. The van der Waals surface area contributed by atoms with E-state index < -0.39 is 30.6 Å². The maximum atomic E-state index is 18.4. The highest BCUT2D eigenvalue weighted by Crippen LogP contribution is 2.17. The predicted octanol–water partition coefficient (Wildman–Crippen LogP) is 4.58. The second kappa shape index (κ2) is 9.17. The van der Waals surface area contributed by atoms with Crippen LogP contribution in [0.5, 0.6) is 0 Å². The second-order valence-corrected chi connectivity index (χ2v) is 31.6. The van der Waals surface area contributed by atoms with E-state index in [0.717, 1.165) is 31.1 Å². The third-order valence-electron chi connectivity index (χ3n) is 5.82. The van der Waals surface area contributed by atoms with Crippen molar-refractivity contribution in [2.24, 2.45) is 0 Å². The van der Waals surface area contributed by atoms with Crippen LogP contribution in [-0.4, -0.2) is 30.6 Å². The SMILES string of the molecule is C[Si](C)(Cl)c1ccccc1[Si](F)(c1ccccc1[Si](C)(C)Cl)c1ccccc1[Si](C)(C)Cl. The standard InChI is InChI=1S/C24H30Cl3FSi4/c1-29(2,25)19-13-7-10-16-22(19)32(28,23-17-11-8-14-20(23)30(3,4)26)24-18-12-9-15-21(24)31(5,6)27/h7-18H,1-6H3. The summed E-state index contributed by atoms with van der Waals surface area (Å²) in [7, 11) is -11.1. The van der Waals surface area contributed by atoms with Crippen LogP contribution in [0.15, 0.2) is 72.8 Å². The normalized spacial score (nSPS) is 13.3. The quantitative estimate of drug-likeness (QED) is 0.237. The zero-order valence-electron chi connectivity index (χ0n) is 19.4. The number of halogens is 4. The van der Waals surface area contributed by atoms with Gasteiger partial charge in [-0.2, -0.15) is 33.2 Å². The highest BCUT2D eigenvalue weighted by molar-refractivity contribution is 7.32. The fraction of sp³-hybridized carbons (Fsp3) is 0.250. The van der Waals surface area contributed by atoms with E-state index in [0.29, 0.717) is 0 Å². The summed E-state index contributed by atoms with van der Waals surface area (Å²) in [6, 6.07) is 23.5. The first-order chi connectivity index (χ1) is 14.7. The molecule has 0 saturated heterocycles. The molecule has 3 aromatic rings.